The summed E-state index contributed by atoms with van der Waals surface area (Å²) < 4.78 is 0. The topological polar surface area (TPSA) is 61.4 Å². The summed E-state index contributed by atoms with van der Waals surface area (Å²) in [6, 6.07) is 19.9. The van der Waals surface area contributed by atoms with E-state index in [2.05, 4.69) is 63.4 Å². The number of anilines is 1. The van der Waals surface area contributed by atoms with Crippen molar-refractivity contribution >= 4 is 41.2 Å². The molecule has 6 nitrogen and oxygen atoms in total. The smallest absolute Gasteiger partial charge is 0.251 e. The number of hydrogen-bond acceptors (Lipinski definition) is 6. The molecule has 1 fully saturated rings. The van der Waals surface area contributed by atoms with Crippen LogP contribution in [0.4, 0.5) is 5.82 Å². The molecule has 2 aromatic carbocycles. The SMILES string of the molecule is CCCCNC(=O)c1ccc(CSc2nc(Cl)cc(N3CCN(CC=Cc4ccccc4)CC3)n2)cc1. The van der Waals surface area contributed by atoms with Crippen LogP contribution in [0.25, 0.3) is 6.08 Å². The lowest BCUT2D eigenvalue weighted by atomic mass is 10.1. The van der Waals surface area contributed by atoms with Crippen LogP contribution in [0.2, 0.25) is 5.15 Å². The Kier molecular flexibility index (Phi) is 10.4. The molecule has 4 rings (SSSR count). The molecule has 1 aromatic heterocycles. The molecular formula is C29H34ClN5OS. The van der Waals surface area contributed by atoms with Gasteiger partial charge in [0.05, 0.1) is 0 Å². The Bertz CT molecular complexity index is 1160. The van der Waals surface area contributed by atoms with Crippen molar-refractivity contribution in [3.8, 4) is 0 Å². The molecule has 0 radical (unpaired) electrons. The van der Waals surface area contributed by atoms with Gasteiger partial charge in [-0.1, -0.05) is 91.3 Å². The number of thioether (sulfide) groups is 1. The van der Waals surface area contributed by atoms with Gasteiger partial charge in [0.25, 0.3) is 5.91 Å². The van der Waals surface area contributed by atoms with Crippen molar-refractivity contribution in [2.75, 3.05) is 44.2 Å². The highest BCUT2D eigenvalue weighted by Crippen LogP contribution is 2.25. The largest absolute Gasteiger partial charge is 0.354 e. The van der Waals surface area contributed by atoms with Gasteiger partial charge in [0, 0.05) is 56.7 Å². The van der Waals surface area contributed by atoms with E-state index in [1.165, 1.54) is 5.56 Å². The highest BCUT2D eigenvalue weighted by Gasteiger charge is 2.18. The zero-order valence-corrected chi connectivity index (χ0v) is 22.8. The van der Waals surface area contributed by atoms with Crippen molar-refractivity contribution in [1.82, 2.24) is 20.2 Å². The van der Waals surface area contributed by atoms with Crippen molar-refractivity contribution < 1.29 is 4.79 Å². The minimum Gasteiger partial charge on any atom is -0.354 e. The zero-order valence-electron chi connectivity index (χ0n) is 21.3. The lowest BCUT2D eigenvalue weighted by Crippen LogP contribution is -2.46. The van der Waals surface area contributed by atoms with Gasteiger partial charge in [-0.25, -0.2) is 9.97 Å². The van der Waals surface area contributed by atoms with E-state index in [4.69, 9.17) is 16.6 Å². The fourth-order valence-corrected chi connectivity index (χ4v) is 5.09. The first-order valence-electron chi connectivity index (χ1n) is 12.8. The number of aromatic nitrogens is 2. The Morgan fingerprint density at radius 3 is 2.54 bits per heavy atom. The summed E-state index contributed by atoms with van der Waals surface area (Å²) >= 11 is 7.91. The van der Waals surface area contributed by atoms with Crippen LogP contribution in [-0.2, 0) is 5.75 Å². The number of nitrogens with one attached hydrogen (secondary N) is 1. The number of halogens is 1. The van der Waals surface area contributed by atoms with Crippen LogP contribution < -0.4 is 10.2 Å². The number of hydrogen-bond donors (Lipinski definition) is 1. The van der Waals surface area contributed by atoms with Gasteiger partial charge in [0.1, 0.15) is 11.0 Å². The van der Waals surface area contributed by atoms with Crippen LogP contribution in [0, 0.1) is 0 Å². The Morgan fingerprint density at radius 2 is 1.81 bits per heavy atom. The predicted molar refractivity (Wildman–Crippen MR) is 154 cm³/mol. The first kappa shape index (κ1) is 27.2. The highest BCUT2D eigenvalue weighted by atomic mass is 35.5. The van der Waals surface area contributed by atoms with Gasteiger partial charge >= 0.3 is 0 Å². The maximum atomic E-state index is 12.2. The third-order valence-corrected chi connectivity index (χ3v) is 7.34. The van der Waals surface area contributed by atoms with Crippen molar-refractivity contribution in [2.24, 2.45) is 0 Å². The number of benzene rings is 2. The van der Waals surface area contributed by atoms with Crippen molar-refractivity contribution in [3.63, 3.8) is 0 Å². The monoisotopic (exact) mass is 535 g/mol. The second kappa shape index (κ2) is 14.2. The molecule has 0 spiro atoms. The Morgan fingerprint density at radius 1 is 1.05 bits per heavy atom. The number of nitrogens with zero attached hydrogens (tertiary/aromatic N) is 4. The Labute approximate surface area is 229 Å². The van der Waals surface area contributed by atoms with E-state index < -0.39 is 0 Å². The quantitative estimate of drug-likeness (QED) is 0.145. The average Bonchev–Trinajstić information content (AvgIpc) is 2.93. The number of carbonyl (C=O) groups is 1. The second-order valence-electron chi connectivity index (χ2n) is 9.03. The molecule has 2 heterocycles. The van der Waals surface area contributed by atoms with Gasteiger partial charge in [-0.15, -0.1) is 0 Å². The normalized spacial score (nSPS) is 14.3. The molecule has 1 amide bonds. The molecule has 0 unspecified atom stereocenters. The molecule has 0 aliphatic carbocycles. The fraction of sp³-hybridized carbons (Fsp3) is 0.345. The third kappa shape index (κ3) is 8.59. The van der Waals surface area contributed by atoms with Gasteiger partial charge in [-0.05, 0) is 29.7 Å². The predicted octanol–water partition coefficient (Wildman–Crippen LogP) is 5.79. The van der Waals surface area contributed by atoms with Crippen LogP contribution in [0.1, 0.15) is 41.3 Å². The first-order chi connectivity index (χ1) is 18.1. The van der Waals surface area contributed by atoms with Crippen LogP contribution >= 0.6 is 23.4 Å². The molecule has 1 aliphatic rings. The molecule has 1 N–H and O–H groups in total. The molecule has 3 aromatic rings. The molecule has 1 saturated heterocycles. The molecule has 37 heavy (non-hydrogen) atoms. The summed E-state index contributed by atoms with van der Waals surface area (Å²) in [4.78, 5) is 26.1. The Hall–Kier alpha value is -2.87. The van der Waals surface area contributed by atoms with Crippen molar-refractivity contribution in [1.29, 1.82) is 0 Å². The standard InChI is InChI=1S/C29H34ClN5OS/c1-2-3-15-31-28(36)25-13-11-24(12-14-25)22-37-29-32-26(30)21-27(33-29)35-19-17-34(18-20-35)16-7-10-23-8-5-4-6-9-23/h4-14,21H,2-3,15-20,22H2,1H3,(H,31,36). The van der Waals surface area contributed by atoms with Crippen LogP contribution in [-0.4, -0.2) is 60.0 Å². The lowest BCUT2D eigenvalue weighted by molar-refractivity contribution is 0.0953. The van der Waals surface area contributed by atoms with E-state index in [0.717, 1.165) is 56.9 Å². The minimum absolute atomic E-state index is 0.0252. The highest BCUT2D eigenvalue weighted by molar-refractivity contribution is 7.98. The van der Waals surface area contributed by atoms with Gasteiger partial charge in [0.15, 0.2) is 5.16 Å². The van der Waals surface area contributed by atoms with E-state index in [1.54, 1.807) is 11.8 Å². The Balaban J connectivity index is 1.26. The maximum absolute atomic E-state index is 12.2. The molecular weight excluding hydrogens is 502 g/mol. The van der Waals surface area contributed by atoms with E-state index >= 15 is 0 Å². The van der Waals surface area contributed by atoms with Gasteiger partial charge in [-0.3, -0.25) is 9.69 Å². The number of amides is 1. The lowest BCUT2D eigenvalue weighted by Gasteiger charge is -2.35. The number of unbranched alkanes of at least 4 members (excludes halogenated alkanes) is 1. The maximum Gasteiger partial charge on any atom is 0.251 e. The zero-order chi connectivity index (χ0) is 25.9. The molecule has 0 atom stereocenters. The first-order valence-corrected chi connectivity index (χ1v) is 14.2. The molecule has 0 bridgehead atoms. The van der Waals surface area contributed by atoms with E-state index in [1.807, 2.05) is 36.4 Å². The summed E-state index contributed by atoms with van der Waals surface area (Å²) in [7, 11) is 0. The van der Waals surface area contributed by atoms with E-state index in [0.29, 0.717) is 28.2 Å². The van der Waals surface area contributed by atoms with Crippen LogP contribution in [0.3, 0.4) is 0 Å². The minimum atomic E-state index is -0.0252. The molecule has 1 aliphatic heterocycles. The molecule has 0 saturated carbocycles. The number of carbonyl (C=O) groups excluding carboxylic acids is 1. The number of rotatable bonds is 11. The van der Waals surface area contributed by atoms with Crippen molar-refractivity contribution in [2.45, 2.75) is 30.7 Å². The third-order valence-electron chi connectivity index (χ3n) is 6.23. The van der Waals surface area contributed by atoms with E-state index in [-0.39, 0.29) is 5.91 Å². The summed E-state index contributed by atoms with van der Waals surface area (Å²) in [6.45, 7) is 7.51. The van der Waals surface area contributed by atoms with Crippen LogP contribution in [0.5, 0.6) is 0 Å². The summed E-state index contributed by atoms with van der Waals surface area (Å²) in [5.41, 5.74) is 3.02. The van der Waals surface area contributed by atoms with Gasteiger partial charge in [-0.2, -0.15) is 0 Å². The number of piperazine rings is 1. The summed E-state index contributed by atoms with van der Waals surface area (Å²) in [5.74, 6) is 1.56. The summed E-state index contributed by atoms with van der Waals surface area (Å²) in [6.07, 6.45) is 6.46. The van der Waals surface area contributed by atoms with Crippen LogP contribution in [0.15, 0.2) is 71.9 Å². The van der Waals surface area contributed by atoms with Crippen molar-refractivity contribution in [3.05, 3.63) is 88.6 Å². The molecule has 194 valence electrons. The van der Waals surface area contributed by atoms with Gasteiger partial charge < -0.3 is 10.2 Å². The summed E-state index contributed by atoms with van der Waals surface area (Å²) in [5, 5.41) is 4.07. The van der Waals surface area contributed by atoms with Gasteiger partial charge in [0.2, 0.25) is 0 Å². The van der Waals surface area contributed by atoms with E-state index in [9.17, 15) is 4.79 Å². The second-order valence-corrected chi connectivity index (χ2v) is 10.4. The molecule has 8 heteroatoms. The average molecular weight is 536 g/mol. The fourth-order valence-electron chi connectivity index (χ4n) is 4.05.